The van der Waals surface area contributed by atoms with Crippen LogP contribution in [0.15, 0.2) is 33.5 Å². The van der Waals surface area contributed by atoms with Crippen molar-refractivity contribution < 1.29 is 33.6 Å². The Morgan fingerprint density at radius 3 is 2.77 bits per heavy atom. The fourth-order valence-electron chi connectivity index (χ4n) is 2.75. The van der Waals surface area contributed by atoms with Crippen molar-refractivity contribution in [2.75, 3.05) is 13.4 Å². The molecule has 1 unspecified atom stereocenters. The van der Waals surface area contributed by atoms with Gasteiger partial charge in [-0.25, -0.2) is 0 Å². The molecule has 2 aromatic rings. The van der Waals surface area contributed by atoms with Crippen molar-refractivity contribution >= 4 is 5.97 Å². The molecule has 8 nitrogen and oxygen atoms in total. The summed E-state index contributed by atoms with van der Waals surface area (Å²) in [6, 6.07) is 6.00. The standard InChI is InChI=1S/C18H18O8/c1-2-23-16(21)7-12(10-3-4-14-15(5-10)25-9-24-14)18-17(22)13(20)6-11(8-19)26-18/h3-6,12,19,22H,2,7-9H2,1H3. The van der Waals surface area contributed by atoms with Gasteiger partial charge in [0, 0.05) is 6.07 Å². The largest absolute Gasteiger partial charge is 0.502 e. The van der Waals surface area contributed by atoms with Gasteiger partial charge in [0.2, 0.25) is 18.0 Å². The molecule has 3 rings (SSSR count). The van der Waals surface area contributed by atoms with Crippen LogP contribution >= 0.6 is 0 Å². The van der Waals surface area contributed by atoms with Crippen LogP contribution in [0.4, 0.5) is 0 Å². The fourth-order valence-corrected chi connectivity index (χ4v) is 2.75. The zero-order chi connectivity index (χ0) is 18.7. The Morgan fingerprint density at radius 2 is 2.04 bits per heavy atom. The number of aliphatic hydroxyl groups is 1. The molecule has 1 aliphatic rings. The summed E-state index contributed by atoms with van der Waals surface area (Å²) >= 11 is 0. The second kappa shape index (κ2) is 7.49. The molecule has 0 radical (unpaired) electrons. The highest BCUT2D eigenvalue weighted by atomic mass is 16.7. The molecule has 1 aliphatic heterocycles. The third kappa shape index (κ3) is 3.50. The number of ether oxygens (including phenoxy) is 3. The van der Waals surface area contributed by atoms with E-state index < -0.39 is 29.7 Å². The van der Waals surface area contributed by atoms with Crippen molar-refractivity contribution in [3.05, 3.63) is 51.6 Å². The van der Waals surface area contributed by atoms with E-state index in [1.54, 1.807) is 25.1 Å². The van der Waals surface area contributed by atoms with Crippen molar-refractivity contribution in [2.45, 2.75) is 25.9 Å². The molecule has 0 saturated carbocycles. The molecule has 26 heavy (non-hydrogen) atoms. The highest BCUT2D eigenvalue weighted by Crippen LogP contribution is 2.39. The second-order valence-electron chi connectivity index (χ2n) is 5.62. The van der Waals surface area contributed by atoms with Gasteiger partial charge in [0.1, 0.15) is 12.4 Å². The van der Waals surface area contributed by atoms with Gasteiger partial charge in [-0.3, -0.25) is 9.59 Å². The number of hydrogen-bond donors (Lipinski definition) is 2. The molecule has 0 amide bonds. The molecule has 2 heterocycles. The quantitative estimate of drug-likeness (QED) is 0.746. The summed E-state index contributed by atoms with van der Waals surface area (Å²) in [6.07, 6.45) is -0.168. The summed E-state index contributed by atoms with van der Waals surface area (Å²) in [5.41, 5.74) is -0.138. The van der Waals surface area contributed by atoms with Gasteiger partial charge in [0.25, 0.3) is 0 Å². The van der Waals surface area contributed by atoms with Gasteiger partial charge < -0.3 is 28.8 Å². The topological polar surface area (TPSA) is 115 Å². The summed E-state index contributed by atoms with van der Waals surface area (Å²) in [5, 5.41) is 19.5. The lowest BCUT2D eigenvalue weighted by Gasteiger charge is -2.18. The maximum Gasteiger partial charge on any atom is 0.306 e. The summed E-state index contributed by atoms with van der Waals surface area (Å²) in [7, 11) is 0. The smallest absolute Gasteiger partial charge is 0.306 e. The third-order valence-corrected chi connectivity index (χ3v) is 3.95. The number of carbonyl (C=O) groups is 1. The molecule has 0 fully saturated rings. The zero-order valence-electron chi connectivity index (χ0n) is 14.1. The SMILES string of the molecule is CCOC(=O)CC(c1ccc2c(c1)OCO2)c1oc(CO)cc(=O)c1O. The lowest BCUT2D eigenvalue weighted by Crippen LogP contribution is -2.15. The Kier molecular flexibility index (Phi) is 5.13. The van der Waals surface area contributed by atoms with E-state index in [9.17, 15) is 19.8 Å². The van der Waals surface area contributed by atoms with Crippen molar-refractivity contribution in [1.82, 2.24) is 0 Å². The Hall–Kier alpha value is -3.00. The number of rotatable bonds is 6. The van der Waals surface area contributed by atoms with E-state index in [0.717, 1.165) is 6.07 Å². The normalized spacial score (nSPS) is 13.5. The van der Waals surface area contributed by atoms with Crippen LogP contribution in [0.5, 0.6) is 17.2 Å². The van der Waals surface area contributed by atoms with Crippen molar-refractivity contribution in [3.63, 3.8) is 0 Å². The van der Waals surface area contributed by atoms with E-state index in [4.69, 9.17) is 18.6 Å². The van der Waals surface area contributed by atoms with Crippen LogP contribution in [0.3, 0.4) is 0 Å². The van der Waals surface area contributed by atoms with Crippen LogP contribution in [0, 0.1) is 0 Å². The lowest BCUT2D eigenvalue weighted by molar-refractivity contribution is -0.143. The van der Waals surface area contributed by atoms with E-state index in [1.165, 1.54) is 0 Å². The van der Waals surface area contributed by atoms with Crippen molar-refractivity contribution in [2.24, 2.45) is 0 Å². The van der Waals surface area contributed by atoms with E-state index in [1.807, 2.05) is 0 Å². The minimum absolute atomic E-state index is 0.0163. The Labute approximate surface area is 148 Å². The average molecular weight is 362 g/mol. The molecule has 138 valence electrons. The summed E-state index contributed by atoms with van der Waals surface area (Å²) in [4.78, 5) is 24.0. The molecule has 1 aromatic heterocycles. The highest BCUT2D eigenvalue weighted by Gasteiger charge is 2.28. The van der Waals surface area contributed by atoms with Gasteiger partial charge in [-0.15, -0.1) is 0 Å². The Morgan fingerprint density at radius 1 is 1.27 bits per heavy atom. The van der Waals surface area contributed by atoms with Gasteiger partial charge in [0.15, 0.2) is 17.3 Å². The van der Waals surface area contributed by atoms with E-state index in [-0.39, 0.29) is 31.3 Å². The van der Waals surface area contributed by atoms with Crippen LogP contribution in [0.1, 0.15) is 36.3 Å². The number of carbonyl (C=O) groups excluding carboxylic acids is 1. The molecule has 0 bridgehead atoms. The number of fused-ring (bicyclic) bond motifs is 1. The summed E-state index contributed by atoms with van der Waals surface area (Å²) in [6.45, 7) is 1.44. The zero-order valence-corrected chi connectivity index (χ0v) is 14.1. The number of hydrogen-bond acceptors (Lipinski definition) is 8. The van der Waals surface area contributed by atoms with Crippen LogP contribution in [0.25, 0.3) is 0 Å². The third-order valence-electron chi connectivity index (χ3n) is 3.95. The minimum atomic E-state index is -0.803. The Balaban J connectivity index is 2.08. The van der Waals surface area contributed by atoms with E-state index in [0.29, 0.717) is 17.1 Å². The second-order valence-corrected chi connectivity index (χ2v) is 5.62. The number of esters is 1. The first-order valence-corrected chi connectivity index (χ1v) is 8.05. The van der Waals surface area contributed by atoms with Crippen LogP contribution < -0.4 is 14.9 Å². The first-order valence-electron chi connectivity index (χ1n) is 8.05. The van der Waals surface area contributed by atoms with Crippen LogP contribution in [0.2, 0.25) is 0 Å². The van der Waals surface area contributed by atoms with Gasteiger partial charge in [-0.05, 0) is 24.6 Å². The summed E-state index contributed by atoms with van der Waals surface area (Å²) < 4.78 is 21.1. The lowest BCUT2D eigenvalue weighted by atomic mass is 9.92. The first kappa shape index (κ1) is 17.8. The molecule has 0 aliphatic carbocycles. The van der Waals surface area contributed by atoms with Crippen LogP contribution in [-0.2, 0) is 16.1 Å². The number of aliphatic hydroxyl groups excluding tert-OH is 1. The van der Waals surface area contributed by atoms with E-state index >= 15 is 0 Å². The molecule has 0 spiro atoms. The van der Waals surface area contributed by atoms with Gasteiger partial charge in [-0.2, -0.15) is 0 Å². The van der Waals surface area contributed by atoms with Gasteiger partial charge >= 0.3 is 5.97 Å². The highest BCUT2D eigenvalue weighted by molar-refractivity contribution is 5.71. The monoisotopic (exact) mass is 362 g/mol. The molecular weight excluding hydrogens is 344 g/mol. The first-order chi connectivity index (χ1) is 12.5. The van der Waals surface area contributed by atoms with Crippen molar-refractivity contribution in [3.8, 4) is 17.2 Å². The predicted octanol–water partition coefficient (Wildman–Crippen LogP) is 1.65. The molecule has 1 aromatic carbocycles. The molecule has 1 atom stereocenters. The van der Waals surface area contributed by atoms with E-state index in [2.05, 4.69) is 0 Å². The maximum atomic E-state index is 12.1. The predicted molar refractivity (Wildman–Crippen MR) is 88.2 cm³/mol. The molecule has 2 N–H and O–H groups in total. The molecular formula is C18H18O8. The summed E-state index contributed by atoms with van der Waals surface area (Å²) in [5.74, 6) is -1.04. The average Bonchev–Trinajstić information content (AvgIpc) is 3.10. The van der Waals surface area contributed by atoms with Crippen LogP contribution in [-0.4, -0.2) is 29.6 Å². The van der Waals surface area contributed by atoms with Crippen molar-refractivity contribution in [1.29, 1.82) is 0 Å². The molecule has 0 saturated heterocycles. The fraction of sp³-hybridized carbons (Fsp3) is 0.333. The Bertz CT molecular complexity index is 870. The minimum Gasteiger partial charge on any atom is -0.502 e. The van der Waals surface area contributed by atoms with Gasteiger partial charge in [0.05, 0.1) is 18.9 Å². The number of aromatic hydroxyl groups is 1. The van der Waals surface area contributed by atoms with Gasteiger partial charge in [-0.1, -0.05) is 6.07 Å². The maximum absolute atomic E-state index is 12.1. The number of benzene rings is 1. The molecule has 8 heteroatoms.